The van der Waals surface area contributed by atoms with Crippen LogP contribution in [-0.2, 0) is 19.5 Å². The van der Waals surface area contributed by atoms with Crippen LogP contribution in [-0.4, -0.2) is 26.4 Å². The quantitative estimate of drug-likeness (QED) is 0.790. The SMILES string of the molecule is Brc1cncc(CN2CCc3nc(C4CCCCC4)ncc3C2)c1. The van der Waals surface area contributed by atoms with Crippen LogP contribution in [0.15, 0.2) is 29.1 Å². The molecule has 1 aliphatic heterocycles. The number of nitrogens with zero attached hydrogens (tertiary/aromatic N) is 4. The molecule has 126 valence electrons. The lowest BCUT2D eigenvalue weighted by Crippen LogP contribution is -2.31. The number of pyridine rings is 1. The van der Waals surface area contributed by atoms with Crippen molar-refractivity contribution < 1.29 is 0 Å². The van der Waals surface area contributed by atoms with E-state index in [1.54, 1.807) is 0 Å². The number of fused-ring (bicyclic) bond motifs is 1. The van der Waals surface area contributed by atoms with E-state index in [4.69, 9.17) is 9.97 Å². The Morgan fingerprint density at radius 3 is 2.83 bits per heavy atom. The van der Waals surface area contributed by atoms with Crippen LogP contribution < -0.4 is 0 Å². The molecule has 0 unspecified atom stereocenters. The van der Waals surface area contributed by atoms with Crippen molar-refractivity contribution in [3.8, 4) is 0 Å². The molecule has 24 heavy (non-hydrogen) atoms. The molecule has 2 aliphatic rings. The smallest absolute Gasteiger partial charge is 0.131 e. The lowest BCUT2D eigenvalue weighted by atomic mass is 9.88. The third-order valence-electron chi connectivity index (χ3n) is 5.17. The molecule has 0 bridgehead atoms. The summed E-state index contributed by atoms with van der Waals surface area (Å²) in [6.07, 6.45) is 13.5. The maximum atomic E-state index is 4.93. The Bertz CT molecular complexity index is 712. The first kappa shape index (κ1) is 16.2. The number of aromatic nitrogens is 3. The molecule has 0 amide bonds. The van der Waals surface area contributed by atoms with Gasteiger partial charge in [0.1, 0.15) is 5.82 Å². The monoisotopic (exact) mass is 386 g/mol. The normalized spacial score (nSPS) is 19.2. The summed E-state index contributed by atoms with van der Waals surface area (Å²) in [7, 11) is 0. The van der Waals surface area contributed by atoms with E-state index in [2.05, 4.69) is 38.1 Å². The molecule has 3 heterocycles. The Morgan fingerprint density at radius 2 is 2.00 bits per heavy atom. The summed E-state index contributed by atoms with van der Waals surface area (Å²) in [5.41, 5.74) is 3.81. The molecule has 0 atom stereocenters. The summed E-state index contributed by atoms with van der Waals surface area (Å²) in [5.74, 6) is 1.69. The molecule has 1 aliphatic carbocycles. The highest BCUT2D eigenvalue weighted by atomic mass is 79.9. The highest BCUT2D eigenvalue weighted by Gasteiger charge is 2.22. The average Bonchev–Trinajstić information content (AvgIpc) is 2.62. The van der Waals surface area contributed by atoms with Gasteiger partial charge >= 0.3 is 0 Å². The summed E-state index contributed by atoms with van der Waals surface area (Å²) < 4.78 is 1.04. The standard InChI is InChI=1S/C19H23BrN4/c20-17-8-14(9-21-11-17)12-24-7-6-18-16(13-24)10-22-19(23-18)15-4-2-1-3-5-15/h8-11,15H,1-7,12-13H2. The van der Waals surface area contributed by atoms with Gasteiger partial charge in [-0.1, -0.05) is 19.3 Å². The van der Waals surface area contributed by atoms with Crippen molar-refractivity contribution in [2.75, 3.05) is 6.54 Å². The van der Waals surface area contributed by atoms with Gasteiger partial charge in [0.15, 0.2) is 0 Å². The van der Waals surface area contributed by atoms with Crippen LogP contribution in [0, 0.1) is 0 Å². The van der Waals surface area contributed by atoms with Gasteiger partial charge in [-0.05, 0) is 40.4 Å². The van der Waals surface area contributed by atoms with E-state index < -0.39 is 0 Å². The predicted octanol–water partition coefficient (Wildman–Crippen LogP) is 4.24. The van der Waals surface area contributed by atoms with Crippen molar-refractivity contribution in [1.29, 1.82) is 0 Å². The molecule has 0 saturated heterocycles. The Balaban J connectivity index is 1.45. The fraction of sp³-hybridized carbons (Fsp3) is 0.526. The largest absolute Gasteiger partial charge is 0.294 e. The van der Waals surface area contributed by atoms with E-state index in [9.17, 15) is 0 Å². The molecule has 0 spiro atoms. The van der Waals surface area contributed by atoms with Gasteiger partial charge in [0.05, 0.1) is 0 Å². The second-order valence-corrected chi connectivity index (χ2v) is 7.92. The van der Waals surface area contributed by atoms with E-state index in [1.807, 2.05) is 12.4 Å². The van der Waals surface area contributed by atoms with Gasteiger partial charge in [-0.2, -0.15) is 0 Å². The fourth-order valence-electron chi connectivity index (χ4n) is 3.88. The van der Waals surface area contributed by atoms with Crippen molar-refractivity contribution in [3.63, 3.8) is 0 Å². The van der Waals surface area contributed by atoms with Gasteiger partial charge in [-0.15, -0.1) is 0 Å². The second kappa shape index (κ2) is 7.28. The Labute approximate surface area is 151 Å². The van der Waals surface area contributed by atoms with Crippen molar-refractivity contribution in [3.05, 3.63) is 51.8 Å². The third-order valence-corrected chi connectivity index (χ3v) is 5.60. The molecule has 1 saturated carbocycles. The number of halogens is 1. The van der Waals surface area contributed by atoms with Gasteiger partial charge < -0.3 is 0 Å². The Kier molecular flexibility index (Phi) is 4.90. The third kappa shape index (κ3) is 3.67. The highest BCUT2D eigenvalue weighted by molar-refractivity contribution is 9.10. The van der Waals surface area contributed by atoms with Crippen LogP contribution in [0.2, 0.25) is 0 Å². The van der Waals surface area contributed by atoms with E-state index in [-0.39, 0.29) is 0 Å². The first-order chi connectivity index (χ1) is 11.8. The van der Waals surface area contributed by atoms with Crippen LogP contribution in [0.25, 0.3) is 0 Å². The van der Waals surface area contributed by atoms with Crippen molar-refractivity contribution >= 4 is 15.9 Å². The molecule has 5 heteroatoms. The van der Waals surface area contributed by atoms with Crippen molar-refractivity contribution in [2.24, 2.45) is 0 Å². The van der Waals surface area contributed by atoms with Gasteiger partial charge in [-0.25, -0.2) is 9.97 Å². The van der Waals surface area contributed by atoms with E-state index in [1.165, 1.54) is 48.9 Å². The number of hydrogen-bond acceptors (Lipinski definition) is 4. The van der Waals surface area contributed by atoms with Crippen LogP contribution in [0.1, 0.15) is 60.7 Å². The van der Waals surface area contributed by atoms with Crippen LogP contribution in [0.3, 0.4) is 0 Å². The van der Waals surface area contributed by atoms with E-state index in [0.29, 0.717) is 5.92 Å². The Hall–Kier alpha value is -1.33. The maximum Gasteiger partial charge on any atom is 0.131 e. The summed E-state index contributed by atoms with van der Waals surface area (Å²) in [6.45, 7) is 2.92. The molecule has 2 aromatic heterocycles. The maximum absolute atomic E-state index is 4.93. The zero-order chi connectivity index (χ0) is 16.4. The Morgan fingerprint density at radius 1 is 1.12 bits per heavy atom. The molecule has 0 aromatic carbocycles. The second-order valence-electron chi connectivity index (χ2n) is 7.01. The molecular weight excluding hydrogens is 364 g/mol. The lowest BCUT2D eigenvalue weighted by Gasteiger charge is -2.29. The van der Waals surface area contributed by atoms with E-state index in [0.717, 1.165) is 36.4 Å². The zero-order valence-corrected chi connectivity index (χ0v) is 15.5. The minimum Gasteiger partial charge on any atom is -0.294 e. The summed E-state index contributed by atoms with van der Waals surface area (Å²) in [5, 5.41) is 0. The molecule has 1 fully saturated rings. The molecule has 0 radical (unpaired) electrons. The topological polar surface area (TPSA) is 41.9 Å². The molecule has 0 N–H and O–H groups in total. The van der Waals surface area contributed by atoms with Crippen LogP contribution in [0.4, 0.5) is 0 Å². The van der Waals surface area contributed by atoms with Gasteiger partial charge in [0.2, 0.25) is 0 Å². The van der Waals surface area contributed by atoms with Gasteiger partial charge in [-0.3, -0.25) is 9.88 Å². The van der Waals surface area contributed by atoms with E-state index >= 15 is 0 Å². The summed E-state index contributed by atoms with van der Waals surface area (Å²) in [6, 6.07) is 2.14. The van der Waals surface area contributed by atoms with Gasteiger partial charge in [0.25, 0.3) is 0 Å². The predicted molar refractivity (Wildman–Crippen MR) is 97.6 cm³/mol. The molecule has 2 aromatic rings. The summed E-state index contributed by atoms with van der Waals surface area (Å²) >= 11 is 3.50. The molecular formula is C19H23BrN4. The number of rotatable bonds is 3. The first-order valence-electron chi connectivity index (χ1n) is 8.94. The van der Waals surface area contributed by atoms with Crippen molar-refractivity contribution in [2.45, 2.75) is 57.5 Å². The minimum atomic E-state index is 0.592. The summed E-state index contributed by atoms with van der Waals surface area (Å²) in [4.78, 5) is 16.4. The minimum absolute atomic E-state index is 0.592. The average molecular weight is 387 g/mol. The molecule has 4 nitrogen and oxygen atoms in total. The fourth-order valence-corrected chi connectivity index (χ4v) is 4.30. The lowest BCUT2D eigenvalue weighted by molar-refractivity contribution is 0.242. The molecule has 4 rings (SSSR count). The van der Waals surface area contributed by atoms with Crippen molar-refractivity contribution in [1.82, 2.24) is 19.9 Å². The van der Waals surface area contributed by atoms with Crippen LogP contribution in [0.5, 0.6) is 0 Å². The number of hydrogen-bond donors (Lipinski definition) is 0. The highest BCUT2D eigenvalue weighted by Crippen LogP contribution is 2.31. The van der Waals surface area contributed by atoms with Crippen LogP contribution >= 0.6 is 15.9 Å². The zero-order valence-electron chi connectivity index (χ0n) is 13.9. The first-order valence-corrected chi connectivity index (χ1v) is 9.74. The van der Waals surface area contributed by atoms with Gasteiger partial charge in [0, 0.05) is 66.3 Å².